The molecular formula is C13H19NO2. The van der Waals surface area contributed by atoms with E-state index >= 15 is 0 Å². The third-order valence-corrected chi connectivity index (χ3v) is 2.53. The Kier molecular flexibility index (Phi) is 4.35. The van der Waals surface area contributed by atoms with Gasteiger partial charge in [0.2, 0.25) is 0 Å². The van der Waals surface area contributed by atoms with Crippen molar-refractivity contribution in [1.29, 1.82) is 0 Å². The molecule has 0 heterocycles. The third-order valence-electron chi connectivity index (χ3n) is 2.53. The molecule has 0 saturated heterocycles. The first kappa shape index (κ1) is 12.6. The van der Waals surface area contributed by atoms with E-state index in [1.807, 2.05) is 31.2 Å². The molecule has 1 N–H and O–H groups in total. The summed E-state index contributed by atoms with van der Waals surface area (Å²) in [6.45, 7) is 6.72. The monoisotopic (exact) mass is 221 g/mol. The summed E-state index contributed by atoms with van der Waals surface area (Å²) in [5, 5.41) is 9.11. The number of rotatable bonds is 4. The number of hydrogen-bond acceptors (Lipinski definition) is 1. The van der Waals surface area contributed by atoms with Crippen LogP contribution in [0.15, 0.2) is 24.3 Å². The van der Waals surface area contributed by atoms with E-state index in [4.69, 9.17) is 5.11 Å². The van der Waals surface area contributed by atoms with E-state index in [9.17, 15) is 4.79 Å². The van der Waals surface area contributed by atoms with Crippen LogP contribution in [0.3, 0.4) is 0 Å². The molecule has 0 aliphatic heterocycles. The van der Waals surface area contributed by atoms with Gasteiger partial charge in [0.15, 0.2) is 0 Å². The van der Waals surface area contributed by atoms with Crippen molar-refractivity contribution in [2.24, 2.45) is 0 Å². The SMILES string of the molecule is CCCN(C(=O)O)c1cccc(C(C)C)c1. The molecule has 0 aliphatic carbocycles. The zero-order valence-corrected chi connectivity index (χ0v) is 10.1. The van der Waals surface area contributed by atoms with Crippen molar-refractivity contribution in [3.8, 4) is 0 Å². The average Bonchev–Trinajstić information content (AvgIpc) is 2.25. The molecule has 1 amide bonds. The predicted octanol–water partition coefficient (Wildman–Crippen LogP) is 3.70. The van der Waals surface area contributed by atoms with E-state index in [1.54, 1.807) is 0 Å². The molecule has 0 aliphatic rings. The Morgan fingerprint density at radius 1 is 1.44 bits per heavy atom. The van der Waals surface area contributed by atoms with Crippen LogP contribution in [0.5, 0.6) is 0 Å². The second kappa shape index (κ2) is 5.54. The fourth-order valence-corrected chi connectivity index (χ4v) is 1.61. The van der Waals surface area contributed by atoms with Gasteiger partial charge in [-0.3, -0.25) is 4.90 Å². The first-order valence-electron chi connectivity index (χ1n) is 5.66. The highest BCUT2D eigenvalue weighted by atomic mass is 16.4. The fraction of sp³-hybridized carbons (Fsp3) is 0.462. The summed E-state index contributed by atoms with van der Waals surface area (Å²) in [6.07, 6.45) is -0.0687. The van der Waals surface area contributed by atoms with Gasteiger partial charge in [0, 0.05) is 12.2 Å². The number of nitrogens with zero attached hydrogens (tertiary/aromatic N) is 1. The second-order valence-corrected chi connectivity index (χ2v) is 4.18. The minimum Gasteiger partial charge on any atom is -0.465 e. The topological polar surface area (TPSA) is 40.5 Å². The highest BCUT2D eigenvalue weighted by molar-refractivity contribution is 5.86. The lowest BCUT2D eigenvalue weighted by Crippen LogP contribution is -2.29. The number of hydrogen-bond donors (Lipinski definition) is 1. The quantitative estimate of drug-likeness (QED) is 0.842. The van der Waals surface area contributed by atoms with Crippen LogP contribution < -0.4 is 4.90 Å². The van der Waals surface area contributed by atoms with Crippen LogP contribution in [0, 0.1) is 0 Å². The summed E-state index contributed by atoms with van der Waals surface area (Å²) >= 11 is 0. The van der Waals surface area contributed by atoms with Gasteiger partial charge in [0.25, 0.3) is 0 Å². The number of amides is 1. The molecule has 0 fully saturated rings. The Bertz CT molecular complexity index is 361. The predicted molar refractivity (Wildman–Crippen MR) is 66.2 cm³/mol. The molecule has 0 atom stereocenters. The van der Waals surface area contributed by atoms with Gasteiger partial charge >= 0.3 is 6.09 Å². The number of benzene rings is 1. The lowest BCUT2D eigenvalue weighted by atomic mass is 10.0. The first-order valence-corrected chi connectivity index (χ1v) is 5.66. The molecule has 3 heteroatoms. The van der Waals surface area contributed by atoms with Crippen LogP contribution in [0.25, 0.3) is 0 Å². The second-order valence-electron chi connectivity index (χ2n) is 4.18. The maximum Gasteiger partial charge on any atom is 0.411 e. The molecular weight excluding hydrogens is 202 g/mol. The normalized spacial score (nSPS) is 10.5. The van der Waals surface area contributed by atoms with Gasteiger partial charge < -0.3 is 5.11 Å². The molecule has 0 unspecified atom stereocenters. The van der Waals surface area contributed by atoms with Crippen molar-refractivity contribution >= 4 is 11.8 Å². The Balaban J connectivity index is 3.00. The lowest BCUT2D eigenvalue weighted by molar-refractivity contribution is 0.202. The highest BCUT2D eigenvalue weighted by Gasteiger charge is 2.13. The Labute approximate surface area is 96.7 Å². The van der Waals surface area contributed by atoms with Gasteiger partial charge in [0.1, 0.15) is 0 Å². The fourth-order valence-electron chi connectivity index (χ4n) is 1.61. The molecule has 1 rings (SSSR count). The van der Waals surface area contributed by atoms with Crippen LogP contribution in [-0.4, -0.2) is 17.7 Å². The van der Waals surface area contributed by atoms with Gasteiger partial charge in [0.05, 0.1) is 0 Å². The molecule has 1 aromatic carbocycles. The summed E-state index contributed by atoms with van der Waals surface area (Å²) in [5.41, 5.74) is 1.93. The number of anilines is 1. The minimum absolute atomic E-state index is 0.414. The molecule has 0 aromatic heterocycles. The maximum atomic E-state index is 11.1. The standard InChI is InChI=1S/C13H19NO2/c1-4-8-14(13(15)16)12-7-5-6-11(9-12)10(2)3/h5-7,9-10H,4,8H2,1-3H3,(H,15,16). The average molecular weight is 221 g/mol. The van der Waals surface area contributed by atoms with Crippen molar-refractivity contribution in [3.05, 3.63) is 29.8 Å². The summed E-state index contributed by atoms with van der Waals surface area (Å²) < 4.78 is 0. The van der Waals surface area contributed by atoms with Crippen molar-refractivity contribution in [1.82, 2.24) is 0 Å². The summed E-state index contributed by atoms with van der Waals surface area (Å²) in [7, 11) is 0. The van der Waals surface area contributed by atoms with Crippen molar-refractivity contribution in [2.75, 3.05) is 11.4 Å². The van der Waals surface area contributed by atoms with E-state index in [1.165, 1.54) is 10.5 Å². The van der Waals surface area contributed by atoms with E-state index in [-0.39, 0.29) is 0 Å². The van der Waals surface area contributed by atoms with Crippen LogP contribution in [0.4, 0.5) is 10.5 Å². The molecule has 16 heavy (non-hydrogen) atoms. The first-order chi connectivity index (χ1) is 7.56. The van der Waals surface area contributed by atoms with Gasteiger partial charge in [-0.25, -0.2) is 4.79 Å². The number of carboxylic acid groups (broad SMARTS) is 1. The molecule has 88 valence electrons. The van der Waals surface area contributed by atoms with E-state index in [2.05, 4.69) is 13.8 Å². The van der Waals surface area contributed by atoms with Crippen LogP contribution >= 0.6 is 0 Å². The van der Waals surface area contributed by atoms with E-state index in [0.717, 1.165) is 12.1 Å². The largest absolute Gasteiger partial charge is 0.465 e. The van der Waals surface area contributed by atoms with E-state index < -0.39 is 6.09 Å². The minimum atomic E-state index is -0.886. The van der Waals surface area contributed by atoms with Gasteiger partial charge in [-0.05, 0) is 30.0 Å². The molecule has 0 spiro atoms. The summed E-state index contributed by atoms with van der Waals surface area (Å²) in [6, 6.07) is 7.74. The number of carbonyl (C=O) groups is 1. The zero-order valence-electron chi connectivity index (χ0n) is 10.1. The molecule has 0 saturated carbocycles. The van der Waals surface area contributed by atoms with Gasteiger partial charge in [-0.15, -0.1) is 0 Å². The van der Waals surface area contributed by atoms with E-state index in [0.29, 0.717) is 12.5 Å². The Morgan fingerprint density at radius 3 is 2.62 bits per heavy atom. The van der Waals surface area contributed by atoms with Crippen LogP contribution in [0.1, 0.15) is 38.7 Å². The molecule has 0 bridgehead atoms. The molecule has 3 nitrogen and oxygen atoms in total. The highest BCUT2D eigenvalue weighted by Crippen LogP contribution is 2.21. The third kappa shape index (κ3) is 2.99. The summed E-state index contributed by atoms with van der Waals surface area (Å²) in [4.78, 5) is 12.5. The smallest absolute Gasteiger partial charge is 0.411 e. The molecule has 0 radical (unpaired) electrons. The van der Waals surface area contributed by atoms with Crippen molar-refractivity contribution in [2.45, 2.75) is 33.1 Å². The van der Waals surface area contributed by atoms with Gasteiger partial charge in [-0.2, -0.15) is 0 Å². The Hall–Kier alpha value is -1.51. The zero-order chi connectivity index (χ0) is 12.1. The van der Waals surface area contributed by atoms with Crippen LogP contribution in [0.2, 0.25) is 0 Å². The lowest BCUT2D eigenvalue weighted by Gasteiger charge is -2.19. The Morgan fingerprint density at radius 2 is 2.12 bits per heavy atom. The van der Waals surface area contributed by atoms with Crippen molar-refractivity contribution in [3.63, 3.8) is 0 Å². The van der Waals surface area contributed by atoms with Crippen molar-refractivity contribution < 1.29 is 9.90 Å². The maximum absolute atomic E-state index is 11.1. The molecule has 1 aromatic rings. The van der Waals surface area contributed by atoms with Gasteiger partial charge in [-0.1, -0.05) is 32.9 Å². The summed E-state index contributed by atoms with van der Waals surface area (Å²) in [5.74, 6) is 0.414. The van der Waals surface area contributed by atoms with Crippen LogP contribution in [-0.2, 0) is 0 Å².